The number of carbonyl (C=O) groups excluding carboxylic acids is 1. The van der Waals surface area contributed by atoms with Gasteiger partial charge in [0, 0.05) is 51.3 Å². The molecule has 1 aliphatic heterocycles. The van der Waals surface area contributed by atoms with Gasteiger partial charge in [-0.3, -0.25) is 9.36 Å². The van der Waals surface area contributed by atoms with Gasteiger partial charge in [-0.05, 0) is 18.2 Å². The van der Waals surface area contributed by atoms with Gasteiger partial charge < -0.3 is 20.3 Å². The average molecular weight is 460 g/mol. The summed E-state index contributed by atoms with van der Waals surface area (Å²) >= 11 is 0. The fourth-order valence-electron chi connectivity index (χ4n) is 3.60. The molecule has 1 aliphatic rings. The number of benzene rings is 1. The van der Waals surface area contributed by atoms with Crippen LogP contribution in [0.1, 0.15) is 0 Å². The van der Waals surface area contributed by atoms with Crippen LogP contribution in [0, 0.1) is 0 Å². The molecule has 0 atom stereocenters. The molecule has 170 valence electrons. The summed E-state index contributed by atoms with van der Waals surface area (Å²) in [6, 6.07) is 6.73. The highest BCUT2D eigenvalue weighted by Crippen LogP contribution is 2.31. The SMILES string of the molecule is COc1cc(N2CCS(=O)(=O)CC2)ccc1NC(=O)Nc1cn(C)nc1-c1ccnn1C. The van der Waals surface area contributed by atoms with E-state index in [1.165, 1.54) is 7.11 Å². The molecule has 2 amide bonds. The number of aromatic nitrogens is 4. The van der Waals surface area contributed by atoms with E-state index in [1.807, 2.05) is 17.0 Å². The smallest absolute Gasteiger partial charge is 0.323 e. The van der Waals surface area contributed by atoms with Crippen LogP contribution in [0.5, 0.6) is 5.75 Å². The van der Waals surface area contributed by atoms with Crippen molar-refractivity contribution >= 4 is 32.9 Å². The number of urea groups is 1. The van der Waals surface area contributed by atoms with E-state index in [1.54, 1.807) is 48.0 Å². The minimum Gasteiger partial charge on any atom is -0.494 e. The monoisotopic (exact) mass is 459 g/mol. The first kappa shape index (κ1) is 21.7. The molecule has 1 saturated heterocycles. The van der Waals surface area contributed by atoms with E-state index in [-0.39, 0.29) is 11.5 Å². The van der Waals surface area contributed by atoms with Gasteiger partial charge in [-0.15, -0.1) is 0 Å². The molecule has 32 heavy (non-hydrogen) atoms. The molecule has 1 fully saturated rings. The fourth-order valence-corrected chi connectivity index (χ4v) is 4.80. The van der Waals surface area contributed by atoms with Crippen LogP contribution in [0.2, 0.25) is 0 Å². The van der Waals surface area contributed by atoms with Gasteiger partial charge >= 0.3 is 6.03 Å². The summed E-state index contributed by atoms with van der Waals surface area (Å²) in [4.78, 5) is 14.7. The second kappa shape index (κ2) is 8.54. The van der Waals surface area contributed by atoms with Gasteiger partial charge in [-0.25, -0.2) is 13.2 Å². The van der Waals surface area contributed by atoms with Crippen LogP contribution in [0.25, 0.3) is 11.4 Å². The first-order valence-electron chi connectivity index (χ1n) is 9.99. The number of carbonyl (C=O) groups is 1. The summed E-state index contributed by atoms with van der Waals surface area (Å²) in [5, 5.41) is 14.2. The summed E-state index contributed by atoms with van der Waals surface area (Å²) in [6.07, 6.45) is 3.38. The van der Waals surface area contributed by atoms with Crippen molar-refractivity contribution in [1.82, 2.24) is 19.6 Å². The van der Waals surface area contributed by atoms with Crippen LogP contribution in [-0.2, 0) is 23.9 Å². The van der Waals surface area contributed by atoms with E-state index in [2.05, 4.69) is 20.8 Å². The lowest BCUT2D eigenvalue weighted by molar-refractivity contribution is 0.262. The second-order valence-corrected chi connectivity index (χ2v) is 9.81. The predicted molar refractivity (Wildman–Crippen MR) is 122 cm³/mol. The molecule has 0 spiro atoms. The van der Waals surface area contributed by atoms with Crippen molar-refractivity contribution < 1.29 is 17.9 Å². The van der Waals surface area contributed by atoms with E-state index in [4.69, 9.17) is 4.74 Å². The van der Waals surface area contributed by atoms with E-state index in [0.29, 0.717) is 35.9 Å². The van der Waals surface area contributed by atoms with Gasteiger partial charge in [-0.1, -0.05) is 0 Å². The van der Waals surface area contributed by atoms with Crippen molar-refractivity contribution in [3.8, 4) is 17.1 Å². The molecule has 2 N–H and O–H groups in total. The Balaban J connectivity index is 1.49. The Morgan fingerprint density at radius 3 is 2.47 bits per heavy atom. The van der Waals surface area contributed by atoms with Crippen molar-refractivity contribution in [2.24, 2.45) is 14.1 Å². The quantitative estimate of drug-likeness (QED) is 0.595. The van der Waals surface area contributed by atoms with Crippen LogP contribution in [0.3, 0.4) is 0 Å². The van der Waals surface area contributed by atoms with Gasteiger partial charge in [0.25, 0.3) is 0 Å². The zero-order chi connectivity index (χ0) is 22.9. The van der Waals surface area contributed by atoms with Crippen LogP contribution in [0.4, 0.5) is 21.9 Å². The zero-order valence-corrected chi connectivity index (χ0v) is 18.9. The van der Waals surface area contributed by atoms with E-state index >= 15 is 0 Å². The highest BCUT2D eigenvalue weighted by Gasteiger charge is 2.23. The minimum atomic E-state index is -2.96. The Morgan fingerprint density at radius 2 is 1.81 bits per heavy atom. The third-order valence-corrected chi connectivity index (χ3v) is 6.89. The first-order valence-corrected chi connectivity index (χ1v) is 11.8. The van der Waals surface area contributed by atoms with Crippen molar-refractivity contribution in [3.05, 3.63) is 36.7 Å². The topological polar surface area (TPSA) is 123 Å². The van der Waals surface area contributed by atoms with Crippen molar-refractivity contribution in [2.45, 2.75) is 0 Å². The summed E-state index contributed by atoms with van der Waals surface area (Å²) < 4.78 is 32.1. The van der Waals surface area contributed by atoms with Gasteiger partial charge in [0.1, 0.15) is 11.4 Å². The Kier molecular flexibility index (Phi) is 5.78. The molecule has 4 rings (SSSR count). The maximum absolute atomic E-state index is 12.7. The normalized spacial score (nSPS) is 15.4. The summed E-state index contributed by atoms with van der Waals surface area (Å²) in [5.41, 5.74) is 3.24. The van der Waals surface area contributed by atoms with E-state index in [0.717, 1.165) is 11.4 Å². The Labute approximate surface area is 185 Å². The maximum atomic E-state index is 12.7. The molecule has 0 unspecified atom stereocenters. The zero-order valence-electron chi connectivity index (χ0n) is 18.1. The Hall–Kier alpha value is -3.54. The molecule has 0 radical (unpaired) electrons. The number of ether oxygens (including phenoxy) is 1. The molecule has 3 heterocycles. The number of rotatable bonds is 5. The standard InChI is InChI=1S/C20H25N7O4S/c1-25-13-16(19(24-25)17-6-7-21-26(17)2)23-20(28)22-15-5-4-14(12-18(15)31-3)27-8-10-32(29,30)11-9-27/h4-7,12-13H,8-11H2,1-3H3,(H2,22,23,28). The lowest BCUT2D eigenvalue weighted by Crippen LogP contribution is -2.40. The highest BCUT2D eigenvalue weighted by molar-refractivity contribution is 7.91. The molecule has 3 aromatic rings. The third-order valence-electron chi connectivity index (χ3n) is 5.28. The average Bonchev–Trinajstić information content (AvgIpc) is 3.32. The number of hydrogen-bond acceptors (Lipinski definition) is 7. The lowest BCUT2D eigenvalue weighted by Gasteiger charge is -2.29. The molecule has 0 saturated carbocycles. The van der Waals surface area contributed by atoms with Gasteiger partial charge in [0.15, 0.2) is 9.84 Å². The molecule has 12 heteroatoms. The number of sulfone groups is 1. The number of nitrogens with zero attached hydrogens (tertiary/aromatic N) is 5. The van der Waals surface area contributed by atoms with Crippen molar-refractivity contribution in [3.63, 3.8) is 0 Å². The number of hydrogen-bond donors (Lipinski definition) is 2. The molecular formula is C20H25N7O4S. The maximum Gasteiger partial charge on any atom is 0.323 e. The van der Waals surface area contributed by atoms with Crippen LogP contribution >= 0.6 is 0 Å². The Bertz CT molecular complexity index is 1230. The third kappa shape index (κ3) is 4.54. The second-order valence-electron chi connectivity index (χ2n) is 7.51. The number of anilines is 3. The Morgan fingerprint density at radius 1 is 1.09 bits per heavy atom. The summed E-state index contributed by atoms with van der Waals surface area (Å²) in [7, 11) is 2.13. The fraction of sp³-hybridized carbons (Fsp3) is 0.350. The van der Waals surface area contributed by atoms with E-state index < -0.39 is 15.9 Å². The summed E-state index contributed by atoms with van der Waals surface area (Å²) in [6.45, 7) is 0.854. The van der Waals surface area contributed by atoms with E-state index in [9.17, 15) is 13.2 Å². The van der Waals surface area contributed by atoms with Gasteiger partial charge in [-0.2, -0.15) is 10.2 Å². The predicted octanol–water partition coefficient (Wildman–Crippen LogP) is 1.71. The molecule has 2 aromatic heterocycles. The highest BCUT2D eigenvalue weighted by atomic mass is 32.2. The van der Waals surface area contributed by atoms with Gasteiger partial charge in [0.05, 0.1) is 35.7 Å². The van der Waals surface area contributed by atoms with Crippen molar-refractivity contribution in [2.75, 3.05) is 47.2 Å². The number of methoxy groups -OCH3 is 1. The molecule has 0 aliphatic carbocycles. The number of nitrogens with one attached hydrogen (secondary N) is 2. The molecule has 11 nitrogen and oxygen atoms in total. The molecule has 1 aromatic carbocycles. The number of aryl methyl sites for hydroxylation is 2. The largest absolute Gasteiger partial charge is 0.494 e. The minimum absolute atomic E-state index is 0.127. The molecule has 0 bridgehead atoms. The van der Waals surface area contributed by atoms with Crippen LogP contribution in [-0.4, -0.2) is 65.7 Å². The first-order chi connectivity index (χ1) is 15.3. The van der Waals surface area contributed by atoms with Crippen LogP contribution < -0.4 is 20.3 Å². The lowest BCUT2D eigenvalue weighted by atomic mass is 10.2. The summed E-state index contributed by atoms with van der Waals surface area (Å²) in [5.74, 6) is 0.730. The van der Waals surface area contributed by atoms with Crippen molar-refractivity contribution in [1.29, 1.82) is 0 Å². The van der Waals surface area contributed by atoms with Gasteiger partial charge in [0.2, 0.25) is 0 Å². The van der Waals surface area contributed by atoms with Crippen LogP contribution in [0.15, 0.2) is 36.7 Å². The molecular weight excluding hydrogens is 434 g/mol. The number of amides is 2.